The maximum Gasteiger partial charge on any atom is 0.340 e. The number of aromatic amines is 1. The van der Waals surface area contributed by atoms with Gasteiger partial charge in [-0.05, 0) is 59.2 Å². The van der Waals surface area contributed by atoms with Crippen LogP contribution in [-0.4, -0.2) is 53.5 Å². The van der Waals surface area contributed by atoms with Crippen molar-refractivity contribution >= 4 is 11.9 Å². The molecule has 1 fully saturated rings. The molecule has 1 aliphatic heterocycles. The van der Waals surface area contributed by atoms with E-state index in [0.717, 1.165) is 19.5 Å². The van der Waals surface area contributed by atoms with Crippen LogP contribution in [0, 0.1) is 13.8 Å². The van der Waals surface area contributed by atoms with E-state index in [1.54, 1.807) is 13.8 Å². The van der Waals surface area contributed by atoms with E-state index in [2.05, 4.69) is 22.1 Å². The molecule has 24 heavy (non-hydrogen) atoms. The molecule has 2 heterocycles. The summed E-state index contributed by atoms with van der Waals surface area (Å²) < 4.78 is 5.26. The predicted octanol–water partition coefficient (Wildman–Crippen LogP) is 2.41. The second-order valence-electron chi connectivity index (χ2n) is 6.71. The molecule has 6 nitrogen and oxygen atoms in total. The van der Waals surface area contributed by atoms with Gasteiger partial charge in [-0.3, -0.25) is 9.69 Å². The molecule has 0 aliphatic carbocycles. The Balaban J connectivity index is 2.06. The van der Waals surface area contributed by atoms with Crippen molar-refractivity contribution < 1.29 is 14.3 Å². The fourth-order valence-corrected chi connectivity index (χ4v) is 3.40. The van der Waals surface area contributed by atoms with Crippen molar-refractivity contribution in [3.63, 3.8) is 0 Å². The number of aryl methyl sites for hydroxylation is 1. The van der Waals surface area contributed by atoms with Crippen molar-refractivity contribution in [2.75, 3.05) is 19.6 Å². The number of rotatable bonds is 6. The largest absolute Gasteiger partial charge is 0.459 e. The summed E-state index contributed by atoms with van der Waals surface area (Å²) in [5.41, 5.74) is 2.22. The molecule has 1 atom stereocenters. The van der Waals surface area contributed by atoms with E-state index in [4.69, 9.17) is 4.74 Å². The van der Waals surface area contributed by atoms with Gasteiger partial charge < -0.3 is 15.0 Å². The maximum atomic E-state index is 12.5. The summed E-state index contributed by atoms with van der Waals surface area (Å²) in [4.78, 5) is 30.1. The highest BCUT2D eigenvalue weighted by molar-refractivity contribution is 6.00. The van der Waals surface area contributed by atoms with Crippen molar-refractivity contribution in [3.05, 3.63) is 22.5 Å². The van der Waals surface area contributed by atoms with E-state index in [0.29, 0.717) is 35.1 Å². The van der Waals surface area contributed by atoms with E-state index in [1.807, 2.05) is 13.8 Å². The molecule has 2 N–H and O–H groups in total. The summed E-state index contributed by atoms with van der Waals surface area (Å²) in [5, 5.41) is 3.00. The number of carbonyl (C=O) groups is 2. The molecule has 0 aromatic carbocycles. The van der Waals surface area contributed by atoms with E-state index >= 15 is 0 Å². The molecule has 1 aromatic heterocycles. The van der Waals surface area contributed by atoms with Crippen molar-refractivity contribution in [3.8, 4) is 0 Å². The first-order valence-corrected chi connectivity index (χ1v) is 8.77. The Morgan fingerprint density at radius 3 is 2.71 bits per heavy atom. The topological polar surface area (TPSA) is 74.4 Å². The average Bonchev–Trinajstić information content (AvgIpc) is 3.07. The highest BCUT2D eigenvalue weighted by atomic mass is 16.5. The fourth-order valence-electron chi connectivity index (χ4n) is 3.40. The number of carbonyl (C=O) groups excluding carboxylic acids is 2. The van der Waals surface area contributed by atoms with E-state index in [9.17, 15) is 9.59 Å². The van der Waals surface area contributed by atoms with Gasteiger partial charge in [0.05, 0.1) is 11.7 Å². The molecular weight excluding hydrogens is 306 g/mol. The Bertz CT molecular complexity index is 607. The number of aromatic nitrogens is 1. The SMILES string of the molecule is CCN1CCCC1CNC(=O)c1[nH]c(C)c(C(=O)OC(C)C)c1C. The third-order valence-electron chi connectivity index (χ3n) is 4.61. The van der Waals surface area contributed by atoms with Gasteiger partial charge in [-0.1, -0.05) is 6.92 Å². The fraction of sp³-hybridized carbons (Fsp3) is 0.667. The normalized spacial score (nSPS) is 18.2. The first kappa shape index (κ1) is 18.5. The van der Waals surface area contributed by atoms with Gasteiger partial charge in [0, 0.05) is 18.3 Å². The standard InChI is InChI=1S/C18H29N3O3/c1-6-21-9-7-8-14(21)10-19-17(22)16-12(4)15(13(5)20-16)18(23)24-11(2)3/h11,14,20H,6-10H2,1-5H3,(H,19,22). The third-order valence-corrected chi connectivity index (χ3v) is 4.61. The van der Waals surface area contributed by atoms with Gasteiger partial charge in [-0.15, -0.1) is 0 Å². The van der Waals surface area contributed by atoms with Crippen LogP contribution in [0.2, 0.25) is 0 Å². The quantitative estimate of drug-likeness (QED) is 0.783. The van der Waals surface area contributed by atoms with Crippen LogP contribution >= 0.6 is 0 Å². The molecule has 2 rings (SSSR count). The first-order valence-electron chi connectivity index (χ1n) is 8.77. The Morgan fingerprint density at radius 2 is 2.08 bits per heavy atom. The van der Waals surface area contributed by atoms with Crippen LogP contribution in [-0.2, 0) is 4.74 Å². The number of hydrogen-bond donors (Lipinski definition) is 2. The van der Waals surface area contributed by atoms with Gasteiger partial charge in [-0.2, -0.15) is 0 Å². The molecule has 1 saturated heterocycles. The van der Waals surface area contributed by atoms with Crippen LogP contribution in [0.15, 0.2) is 0 Å². The summed E-state index contributed by atoms with van der Waals surface area (Å²) in [6.07, 6.45) is 2.11. The summed E-state index contributed by atoms with van der Waals surface area (Å²) in [6.45, 7) is 12.1. The maximum absolute atomic E-state index is 12.5. The third kappa shape index (κ3) is 3.98. The van der Waals surface area contributed by atoms with E-state index in [-0.39, 0.29) is 18.0 Å². The van der Waals surface area contributed by atoms with Crippen LogP contribution in [0.3, 0.4) is 0 Å². The van der Waals surface area contributed by atoms with Crippen molar-refractivity contribution in [2.24, 2.45) is 0 Å². The molecule has 1 aromatic rings. The lowest BCUT2D eigenvalue weighted by Gasteiger charge is -2.22. The van der Waals surface area contributed by atoms with Crippen molar-refractivity contribution in [2.45, 2.75) is 59.6 Å². The number of nitrogens with zero attached hydrogens (tertiary/aromatic N) is 1. The highest BCUT2D eigenvalue weighted by Gasteiger charge is 2.26. The lowest BCUT2D eigenvalue weighted by atomic mass is 10.1. The molecule has 1 unspecified atom stereocenters. The zero-order valence-electron chi connectivity index (χ0n) is 15.4. The lowest BCUT2D eigenvalue weighted by molar-refractivity contribution is 0.0376. The van der Waals surface area contributed by atoms with Gasteiger partial charge in [0.25, 0.3) is 5.91 Å². The minimum Gasteiger partial charge on any atom is -0.459 e. The Labute approximate surface area is 143 Å². The Kier molecular flexibility index (Phi) is 6.04. The molecule has 0 spiro atoms. The second-order valence-corrected chi connectivity index (χ2v) is 6.71. The minimum atomic E-state index is -0.386. The Morgan fingerprint density at radius 1 is 1.38 bits per heavy atom. The van der Waals surface area contributed by atoms with Crippen LogP contribution in [0.5, 0.6) is 0 Å². The summed E-state index contributed by atoms with van der Waals surface area (Å²) in [7, 11) is 0. The molecule has 134 valence electrons. The molecule has 1 aliphatic rings. The van der Waals surface area contributed by atoms with E-state index in [1.165, 1.54) is 6.42 Å². The summed E-state index contributed by atoms with van der Waals surface area (Å²) >= 11 is 0. The average molecular weight is 335 g/mol. The smallest absolute Gasteiger partial charge is 0.340 e. The highest BCUT2D eigenvalue weighted by Crippen LogP contribution is 2.20. The predicted molar refractivity (Wildman–Crippen MR) is 93.4 cm³/mol. The molecule has 1 amide bonds. The number of likely N-dealkylation sites (N-methyl/N-ethyl adjacent to an activating group) is 1. The van der Waals surface area contributed by atoms with Crippen LogP contribution in [0.25, 0.3) is 0 Å². The summed E-state index contributed by atoms with van der Waals surface area (Å²) in [5.74, 6) is -0.551. The number of ether oxygens (including phenoxy) is 1. The first-order chi connectivity index (χ1) is 11.3. The van der Waals surface area contributed by atoms with Crippen LogP contribution < -0.4 is 5.32 Å². The Hall–Kier alpha value is -1.82. The molecular formula is C18H29N3O3. The van der Waals surface area contributed by atoms with Crippen molar-refractivity contribution in [1.29, 1.82) is 0 Å². The number of likely N-dealkylation sites (tertiary alicyclic amines) is 1. The van der Waals surface area contributed by atoms with Crippen LogP contribution in [0.4, 0.5) is 0 Å². The van der Waals surface area contributed by atoms with Gasteiger partial charge in [0.1, 0.15) is 5.69 Å². The van der Waals surface area contributed by atoms with E-state index < -0.39 is 0 Å². The number of hydrogen-bond acceptors (Lipinski definition) is 4. The summed E-state index contributed by atoms with van der Waals surface area (Å²) in [6, 6.07) is 0.403. The number of esters is 1. The van der Waals surface area contributed by atoms with Crippen LogP contribution in [0.1, 0.15) is 65.7 Å². The number of amides is 1. The zero-order chi connectivity index (χ0) is 17.9. The minimum absolute atomic E-state index is 0.165. The molecule has 6 heteroatoms. The molecule has 0 saturated carbocycles. The number of H-pyrrole nitrogens is 1. The lowest BCUT2D eigenvalue weighted by Crippen LogP contribution is -2.40. The van der Waals surface area contributed by atoms with Crippen molar-refractivity contribution in [1.82, 2.24) is 15.2 Å². The van der Waals surface area contributed by atoms with Gasteiger partial charge in [0.15, 0.2) is 0 Å². The monoisotopic (exact) mass is 335 g/mol. The number of nitrogens with one attached hydrogen (secondary N) is 2. The van der Waals surface area contributed by atoms with Gasteiger partial charge >= 0.3 is 5.97 Å². The molecule has 0 bridgehead atoms. The molecule has 0 radical (unpaired) electrons. The second kappa shape index (κ2) is 7.83. The van der Waals surface area contributed by atoms with Gasteiger partial charge in [0.2, 0.25) is 0 Å². The zero-order valence-corrected chi connectivity index (χ0v) is 15.4. The van der Waals surface area contributed by atoms with Gasteiger partial charge in [-0.25, -0.2) is 4.79 Å².